The fraction of sp³-hybridized carbons (Fsp3) is 0.923. The lowest BCUT2D eigenvalue weighted by atomic mass is 9.84. The molecule has 0 aliphatic heterocycles. The summed E-state index contributed by atoms with van der Waals surface area (Å²) in [5.41, 5.74) is -0.564. The van der Waals surface area contributed by atoms with Crippen LogP contribution in [0.1, 0.15) is 53.4 Å². The summed E-state index contributed by atoms with van der Waals surface area (Å²) in [6.07, 6.45) is 2.61. The summed E-state index contributed by atoms with van der Waals surface area (Å²) < 4.78 is 0. The summed E-state index contributed by atoms with van der Waals surface area (Å²) in [6, 6.07) is 0. The Morgan fingerprint density at radius 2 is 1.59 bits per heavy atom. The van der Waals surface area contributed by atoms with Crippen molar-refractivity contribution in [2.45, 2.75) is 59.0 Å². The van der Waals surface area contributed by atoms with Gasteiger partial charge in [-0.15, -0.1) is 0 Å². The minimum Gasteiger partial charge on any atom is -0.481 e. The average Bonchev–Trinajstić information content (AvgIpc) is 2.12. The van der Waals surface area contributed by atoms with E-state index in [0.717, 1.165) is 25.9 Å². The molecule has 0 radical (unpaired) electrons. The summed E-state index contributed by atoms with van der Waals surface area (Å²) >= 11 is 0. The van der Waals surface area contributed by atoms with E-state index in [-0.39, 0.29) is 11.8 Å². The van der Waals surface area contributed by atoms with Gasteiger partial charge in [0.1, 0.15) is 0 Å². The van der Waals surface area contributed by atoms with Gasteiger partial charge in [0.2, 0.25) is 0 Å². The van der Waals surface area contributed by atoms with Crippen LogP contribution < -0.4 is 5.32 Å². The van der Waals surface area contributed by atoms with Gasteiger partial charge in [0.15, 0.2) is 0 Å². The molecule has 0 unspecified atom stereocenters. The highest BCUT2D eigenvalue weighted by Crippen LogP contribution is 2.25. The average molecular weight is 245 g/mol. The molecule has 3 N–H and O–H groups in total. The van der Waals surface area contributed by atoms with Crippen LogP contribution in [0.4, 0.5) is 0 Å². The second kappa shape index (κ2) is 6.97. The Kier molecular flexibility index (Phi) is 6.72. The lowest BCUT2D eigenvalue weighted by Crippen LogP contribution is -2.29. The van der Waals surface area contributed by atoms with Crippen molar-refractivity contribution < 1.29 is 15.0 Å². The molecule has 0 aromatic heterocycles. The number of carbonyl (C=O) groups is 1. The van der Waals surface area contributed by atoms with E-state index in [1.165, 1.54) is 0 Å². The van der Waals surface area contributed by atoms with E-state index in [1.54, 1.807) is 13.8 Å². The van der Waals surface area contributed by atoms with E-state index in [2.05, 4.69) is 19.2 Å². The van der Waals surface area contributed by atoms with Crippen LogP contribution >= 0.6 is 0 Å². The molecule has 0 saturated carbocycles. The zero-order valence-electron chi connectivity index (χ0n) is 11.5. The number of carboxylic acid groups (broad SMARTS) is 1. The summed E-state index contributed by atoms with van der Waals surface area (Å²) in [6.45, 7) is 9.43. The van der Waals surface area contributed by atoms with Gasteiger partial charge in [0.25, 0.3) is 0 Å². The summed E-state index contributed by atoms with van der Waals surface area (Å²) in [4.78, 5) is 10.5. The Balaban J connectivity index is 3.62. The number of hydrogen-bond acceptors (Lipinski definition) is 3. The van der Waals surface area contributed by atoms with Crippen LogP contribution in [0.2, 0.25) is 0 Å². The van der Waals surface area contributed by atoms with Gasteiger partial charge in [0.05, 0.1) is 5.60 Å². The van der Waals surface area contributed by atoms with Crippen LogP contribution in [0.5, 0.6) is 0 Å². The second-order valence-electron chi connectivity index (χ2n) is 6.12. The van der Waals surface area contributed by atoms with Gasteiger partial charge in [-0.2, -0.15) is 0 Å². The van der Waals surface area contributed by atoms with E-state index >= 15 is 0 Å². The topological polar surface area (TPSA) is 69.6 Å². The third-order valence-corrected chi connectivity index (χ3v) is 2.91. The minimum atomic E-state index is -0.729. The molecule has 0 aliphatic carbocycles. The number of aliphatic hydroxyl groups is 1. The Hall–Kier alpha value is -0.610. The molecule has 0 heterocycles. The van der Waals surface area contributed by atoms with Gasteiger partial charge in [-0.3, -0.25) is 4.79 Å². The van der Waals surface area contributed by atoms with Crippen LogP contribution in [-0.2, 0) is 4.79 Å². The molecule has 0 saturated heterocycles. The molecule has 0 atom stereocenters. The predicted molar refractivity (Wildman–Crippen MR) is 69.1 cm³/mol. The van der Waals surface area contributed by atoms with Crippen LogP contribution in [0.15, 0.2) is 0 Å². The van der Waals surface area contributed by atoms with E-state index < -0.39 is 11.6 Å². The summed E-state index contributed by atoms with van der Waals surface area (Å²) in [5.74, 6) is -0.729. The van der Waals surface area contributed by atoms with Gasteiger partial charge in [0, 0.05) is 6.42 Å². The summed E-state index contributed by atoms with van der Waals surface area (Å²) in [5, 5.41) is 21.4. The molecule has 0 fully saturated rings. The molecule has 4 nitrogen and oxygen atoms in total. The molecule has 17 heavy (non-hydrogen) atoms. The van der Waals surface area contributed by atoms with Crippen molar-refractivity contribution in [3.8, 4) is 0 Å². The molecule has 0 rings (SSSR count). The molecule has 102 valence electrons. The fourth-order valence-electron chi connectivity index (χ4n) is 1.52. The Morgan fingerprint density at radius 1 is 1.06 bits per heavy atom. The normalized spacial score (nSPS) is 12.8. The first kappa shape index (κ1) is 16.4. The molecule has 0 spiro atoms. The highest BCUT2D eigenvalue weighted by molar-refractivity contribution is 5.66. The maximum absolute atomic E-state index is 10.5. The van der Waals surface area contributed by atoms with Gasteiger partial charge >= 0.3 is 5.97 Å². The number of nitrogens with one attached hydrogen (secondary N) is 1. The minimum absolute atomic E-state index is 0.0557. The quantitative estimate of drug-likeness (QED) is 0.544. The number of hydrogen-bond donors (Lipinski definition) is 3. The van der Waals surface area contributed by atoms with E-state index in [9.17, 15) is 9.90 Å². The van der Waals surface area contributed by atoms with E-state index in [0.29, 0.717) is 6.42 Å². The van der Waals surface area contributed by atoms with Crippen molar-refractivity contribution in [3.05, 3.63) is 0 Å². The first-order valence-electron chi connectivity index (χ1n) is 6.27. The first-order chi connectivity index (χ1) is 7.62. The van der Waals surface area contributed by atoms with Crippen LogP contribution in [0.25, 0.3) is 0 Å². The van der Waals surface area contributed by atoms with Crippen molar-refractivity contribution in [2.75, 3.05) is 13.1 Å². The lowest BCUT2D eigenvalue weighted by molar-refractivity contribution is -0.137. The van der Waals surface area contributed by atoms with Gasteiger partial charge in [-0.05, 0) is 51.6 Å². The van der Waals surface area contributed by atoms with Crippen molar-refractivity contribution in [2.24, 2.45) is 5.41 Å². The molecular formula is C13H27NO3. The van der Waals surface area contributed by atoms with Crippen LogP contribution in [0, 0.1) is 5.41 Å². The number of aliphatic carboxylic acids is 1. The number of carboxylic acids is 1. The molecule has 0 bridgehead atoms. The molecule has 0 amide bonds. The molecule has 0 aliphatic rings. The smallest absolute Gasteiger partial charge is 0.303 e. The van der Waals surface area contributed by atoms with Crippen molar-refractivity contribution in [1.82, 2.24) is 5.32 Å². The maximum Gasteiger partial charge on any atom is 0.303 e. The van der Waals surface area contributed by atoms with Crippen molar-refractivity contribution >= 4 is 5.97 Å². The first-order valence-corrected chi connectivity index (χ1v) is 6.27. The SMILES string of the molecule is CC(C)(O)CCNCCC(C)(C)CCC(=O)O. The van der Waals surface area contributed by atoms with Gasteiger partial charge in [-0.25, -0.2) is 0 Å². The van der Waals surface area contributed by atoms with E-state index in [4.69, 9.17) is 5.11 Å². The Bertz CT molecular complexity index is 231. The zero-order chi connectivity index (χ0) is 13.5. The zero-order valence-corrected chi connectivity index (χ0v) is 11.5. The van der Waals surface area contributed by atoms with Crippen molar-refractivity contribution in [1.29, 1.82) is 0 Å². The maximum atomic E-state index is 10.5. The molecular weight excluding hydrogens is 218 g/mol. The molecule has 0 aromatic rings. The van der Waals surface area contributed by atoms with Gasteiger partial charge in [-0.1, -0.05) is 13.8 Å². The predicted octanol–water partition coefficient (Wildman–Crippen LogP) is 2.02. The third-order valence-electron chi connectivity index (χ3n) is 2.91. The Labute approximate surface area is 104 Å². The lowest BCUT2D eigenvalue weighted by Gasteiger charge is -2.24. The standard InChI is InChI=1S/C13H27NO3/c1-12(2,6-5-11(15)16)7-9-14-10-8-13(3,4)17/h14,17H,5-10H2,1-4H3,(H,15,16). The molecule has 4 heteroatoms. The Morgan fingerprint density at radius 3 is 2.06 bits per heavy atom. The second-order valence-corrected chi connectivity index (χ2v) is 6.12. The van der Waals surface area contributed by atoms with Crippen LogP contribution in [0.3, 0.4) is 0 Å². The fourth-order valence-corrected chi connectivity index (χ4v) is 1.52. The molecule has 0 aromatic carbocycles. The summed E-state index contributed by atoms with van der Waals surface area (Å²) in [7, 11) is 0. The third kappa shape index (κ3) is 11.6. The van der Waals surface area contributed by atoms with Crippen molar-refractivity contribution in [3.63, 3.8) is 0 Å². The number of rotatable bonds is 9. The van der Waals surface area contributed by atoms with E-state index in [1.807, 2.05) is 0 Å². The largest absolute Gasteiger partial charge is 0.481 e. The highest BCUT2D eigenvalue weighted by Gasteiger charge is 2.18. The van der Waals surface area contributed by atoms with Gasteiger partial charge < -0.3 is 15.5 Å². The highest BCUT2D eigenvalue weighted by atomic mass is 16.4. The van der Waals surface area contributed by atoms with Crippen LogP contribution in [-0.4, -0.2) is 34.9 Å². The monoisotopic (exact) mass is 245 g/mol.